The Balaban J connectivity index is 1.39. The molecule has 6 aliphatic heterocycles. The van der Waals surface area contributed by atoms with Crippen molar-refractivity contribution >= 4 is 34.1 Å². The van der Waals surface area contributed by atoms with Crippen molar-refractivity contribution in [3.8, 4) is 17.2 Å². The number of ether oxygens (including phenoxy) is 5. The molecule has 338 valence electrons. The molecule has 0 aliphatic carbocycles. The van der Waals surface area contributed by atoms with Gasteiger partial charge in [-0.25, -0.2) is 0 Å². The number of piperidine rings is 1. The Kier molecular flexibility index (Phi) is 12.1. The summed E-state index contributed by atoms with van der Waals surface area (Å²) in [4.78, 5) is 54.1. The Morgan fingerprint density at radius 1 is 0.952 bits per heavy atom. The number of benzene rings is 2. The quantitative estimate of drug-likeness (QED) is 0.127. The van der Waals surface area contributed by atoms with E-state index in [1.54, 1.807) is 59.8 Å². The largest absolute Gasteiger partial charge is 0.507 e. The molecule has 6 heterocycles. The summed E-state index contributed by atoms with van der Waals surface area (Å²) in [6.07, 6.45) is 2.74. The van der Waals surface area contributed by atoms with Gasteiger partial charge in [-0.1, -0.05) is 53.7 Å². The number of aliphatic hydroxyl groups is 2. The molecule has 2 fully saturated rings. The lowest BCUT2D eigenvalue weighted by molar-refractivity contribution is -0.160. The summed E-state index contributed by atoms with van der Waals surface area (Å²) in [6.45, 7) is 19.5. The number of epoxide rings is 1. The molecular weight excluding hydrogens is 801 g/mol. The zero-order valence-corrected chi connectivity index (χ0v) is 37.5. The first-order valence-corrected chi connectivity index (χ1v) is 21.7. The lowest BCUT2D eigenvalue weighted by Gasteiger charge is -2.38. The van der Waals surface area contributed by atoms with E-state index in [2.05, 4.69) is 24.1 Å². The molecule has 2 aromatic rings. The number of carbonyl (C=O) groups is 3. The minimum atomic E-state index is -1.97. The fourth-order valence-corrected chi connectivity index (χ4v) is 9.69. The summed E-state index contributed by atoms with van der Waals surface area (Å²) in [7, 11) is 1.47. The number of anilines is 1. The Bertz CT molecular complexity index is 2340. The molecule has 16 nitrogen and oxygen atoms in total. The van der Waals surface area contributed by atoms with Crippen LogP contribution in [-0.4, -0.2) is 117 Å². The highest BCUT2D eigenvalue weighted by molar-refractivity contribution is 6.19. The monoisotopic (exact) mass is 862 g/mol. The topological polar surface area (TPSA) is 222 Å². The molecule has 8 rings (SSSR count). The van der Waals surface area contributed by atoms with Crippen LogP contribution >= 0.6 is 0 Å². The number of nitrogens with one attached hydrogen (secondary N) is 1. The highest BCUT2D eigenvalue weighted by Gasteiger charge is 2.58. The summed E-state index contributed by atoms with van der Waals surface area (Å²) in [5.41, 5.74) is -2.27. The number of rotatable bonds is 4. The zero-order valence-electron chi connectivity index (χ0n) is 37.5. The van der Waals surface area contributed by atoms with E-state index in [1.165, 1.54) is 27.2 Å². The molecule has 5 bridgehead atoms. The molecule has 1 spiro atoms. The molecule has 0 radical (unpaired) electrons. The van der Waals surface area contributed by atoms with Crippen molar-refractivity contribution in [2.45, 2.75) is 130 Å². The van der Waals surface area contributed by atoms with E-state index in [0.717, 1.165) is 6.54 Å². The summed E-state index contributed by atoms with van der Waals surface area (Å²) in [5, 5.41) is 50.4. The van der Waals surface area contributed by atoms with Gasteiger partial charge in [-0.05, 0) is 25.8 Å². The Hall–Kier alpha value is -4.61. The van der Waals surface area contributed by atoms with Crippen LogP contribution in [0.15, 0.2) is 34.5 Å². The zero-order chi connectivity index (χ0) is 45.4. The fourth-order valence-electron chi connectivity index (χ4n) is 9.69. The highest BCUT2D eigenvalue weighted by Crippen LogP contribution is 2.50. The molecule has 11 atom stereocenters. The second-order valence-electron chi connectivity index (χ2n) is 18.7. The number of phenols is 2. The molecule has 2 unspecified atom stereocenters. The molecule has 2 aromatic carbocycles. The van der Waals surface area contributed by atoms with Crippen LogP contribution in [0.2, 0.25) is 0 Å². The number of methoxy groups -OCH3 is 1. The number of ketones is 1. The van der Waals surface area contributed by atoms with Crippen LogP contribution < -0.4 is 20.8 Å². The number of hydrogen-bond donors (Lipinski definition) is 5. The third-order valence-electron chi connectivity index (χ3n) is 13.7. The van der Waals surface area contributed by atoms with Crippen LogP contribution in [0.4, 0.5) is 5.69 Å². The number of aliphatic hydroxyl groups excluding tert-OH is 2. The van der Waals surface area contributed by atoms with Gasteiger partial charge in [0.25, 0.3) is 11.7 Å². The van der Waals surface area contributed by atoms with E-state index in [0.29, 0.717) is 31.8 Å². The number of esters is 1. The number of Topliss-reactive ketones (excluding diaryl/α,β-unsaturated/α-hetero) is 1. The molecule has 5 N–H and O–H groups in total. The van der Waals surface area contributed by atoms with Crippen molar-refractivity contribution in [3.05, 3.63) is 46.3 Å². The van der Waals surface area contributed by atoms with Crippen LogP contribution in [-0.2, 0) is 28.5 Å². The number of hydrogen-bond acceptors (Lipinski definition) is 15. The van der Waals surface area contributed by atoms with Crippen LogP contribution in [0.25, 0.3) is 10.8 Å². The first kappa shape index (κ1) is 45.4. The van der Waals surface area contributed by atoms with Crippen LogP contribution in [0.1, 0.15) is 91.1 Å². The van der Waals surface area contributed by atoms with E-state index in [4.69, 9.17) is 33.7 Å². The van der Waals surface area contributed by atoms with Crippen LogP contribution in [0.3, 0.4) is 0 Å². The smallest absolute Gasteiger partial charge is 0.312 e. The molecule has 62 heavy (non-hydrogen) atoms. The summed E-state index contributed by atoms with van der Waals surface area (Å²) in [6, 6.07) is 0. The van der Waals surface area contributed by atoms with Crippen molar-refractivity contribution in [1.82, 2.24) is 4.90 Å². The van der Waals surface area contributed by atoms with Crippen LogP contribution in [0.5, 0.6) is 17.2 Å². The van der Waals surface area contributed by atoms with Crippen molar-refractivity contribution in [1.29, 1.82) is 0 Å². The molecule has 2 saturated heterocycles. The van der Waals surface area contributed by atoms with Crippen molar-refractivity contribution < 1.29 is 58.5 Å². The molecule has 6 aliphatic rings. The number of likely N-dealkylation sites (tertiary alicyclic amines) is 1. The summed E-state index contributed by atoms with van der Waals surface area (Å²) in [5.74, 6) is -6.59. The highest BCUT2D eigenvalue weighted by atomic mass is 16.7. The molecule has 0 saturated carbocycles. The lowest BCUT2D eigenvalue weighted by Crippen LogP contribution is -2.46. The third kappa shape index (κ3) is 7.75. The predicted octanol–water partition coefficient (Wildman–Crippen LogP) is 3.96. The Morgan fingerprint density at radius 3 is 2.24 bits per heavy atom. The third-order valence-corrected chi connectivity index (χ3v) is 13.7. The van der Waals surface area contributed by atoms with Gasteiger partial charge in [0.15, 0.2) is 17.0 Å². The number of carbonyl (C=O) groups excluding carboxylic acids is 3. The van der Waals surface area contributed by atoms with E-state index in [1.807, 2.05) is 0 Å². The average Bonchev–Trinajstić information content (AvgIpc) is 3.64. The van der Waals surface area contributed by atoms with Crippen molar-refractivity contribution in [2.24, 2.45) is 39.6 Å². The fraction of sp³-hybridized carbons (Fsp3) is 0.630. The second-order valence-corrected chi connectivity index (χ2v) is 18.7. The van der Waals surface area contributed by atoms with Crippen molar-refractivity contribution in [2.75, 3.05) is 32.1 Å². The number of aromatic hydroxyl groups is 2. The Morgan fingerprint density at radius 2 is 1.61 bits per heavy atom. The van der Waals surface area contributed by atoms with Gasteiger partial charge in [-0.2, -0.15) is 0 Å². The van der Waals surface area contributed by atoms with Gasteiger partial charge in [-0.15, -0.1) is 0 Å². The lowest BCUT2D eigenvalue weighted by atomic mass is 9.78. The van der Waals surface area contributed by atoms with E-state index >= 15 is 0 Å². The van der Waals surface area contributed by atoms with Gasteiger partial charge in [0.05, 0.1) is 40.9 Å². The number of nitrogens with zero attached hydrogens (tertiary/aromatic N) is 3. The number of amides is 1. The number of fused-ring (bicyclic) bond motifs is 11. The van der Waals surface area contributed by atoms with Crippen LogP contribution in [0, 0.1) is 36.5 Å². The van der Waals surface area contributed by atoms with Gasteiger partial charge in [0, 0.05) is 88.1 Å². The summed E-state index contributed by atoms with van der Waals surface area (Å²) >= 11 is 0. The van der Waals surface area contributed by atoms with Gasteiger partial charge < -0.3 is 54.3 Å². The molecular formula is C46H62N4O12. The van der Waals surface area contributed by atoms with E-state index in [9.17, 15) is 34.8 Å². The first-order chi connectivity index (χ1) is 29.1. The van der Waals surface area contributed by atoms with Gasteiger partial charge >= 0.3 is 11.8 Å². The molecule has 0 aromatic heterocycles. The SMILES string of the molecule is CO[C@H]1/C=C/O[C@@]2(C)Oc3c(C)c(O)c4c(O)c(c5c(c4c3C2=O)=NC2(CCN(CC(C)C)CC2)N=5)NC(=O)C2(C)OC2/C=C/[C@H](C)[C@H](O)[C@@H](C)[C@@H](O)[C@@H](C)[C@H](OC(C)=O)[C@@H]1C. The predicted molar refractivity (Wildman–Crippen MR) is 227 cm³/mol. The number of phenolic OH excluding ortho intramolecular Hbond substituents is 2. The van der Waals surface area contributed by atoms with Gasteiger partial charge in [-0.3, -0.25) is 24.4 Å². The van der Waals surface area contributed by atoms with E-state index < -0.39 is 94.7 Å². The second kappa shape index (κ2) is 16.5. The minimum absolute atomic E-state index is 0.0286. The molecule has 16 heteroatoms. The molecule has 1 amide bonds. The standard InChI is InChI=1S/C46H62N4O12/c1-21(2)20-50-17-15-46(16-18-50)48-33-30-31-38(54)26(7)41-32(30)42(56)45(10,62-41)59-19-14-28(58-11)23(4)40(60-27(8)51)25(6)37(53)24(5)36(52)22(3)12-13-29-44(9,61-29)43(57)47-35(39(31)55)34(33)49-46/h12-14,19,21-25,28-29,36-37,40,52-55H,15-18,20H2,1-11H3,(H,47,57)/b13-12+,19-14+/t22-,23+,24+,25+,28-,29?,36-,37+,40+,44?,45-/m0/s1. The van der Waals surface area contributed by atoms with Gasteiger partial charge in [0.2, 0.25) is 0 Å². The maximum absolute atomic E-state index is 14.8. The maximum atomic E-state index is 14.8. The van der Waals surface area contributed by atoms with E-state index in [-0.39, 0.29) is 49.8 Å². The van der Waals surface area contributed by atoms with Crippen molar-refractivity contribution in [3.63, 3.8) is 0 Å². The normalized spacial score (nSPS) is 35.7. The average molecular weight is 863 g/mol. The first-order valence-electron chi connectivity index (χ1n) is 21.7. The minimum Gasteiger partial charge on any atom is -0.507 e. The summed E-state index contributed by atoms with van der Waals surface area (Å²) < 4.78 is 30.0. The maximum Gasteiger partial charge on any atom is 0.312 e. The Labute approximate surface area is 361 Å². The van der Waals surface area contributed by atoms with Gasteiger partial charge in [0.1, 0.15) is 34.8 Å².